The molecule has 1 aliphatic rings. The number of nitrogens with zero attached hydrogens (tertiary/aromatic N) is 4. The second kappa shape index (κ2) is 5.86. The molecule has 6 nitrogen and oxygen atoms in total. The Morgan fingerprint density at radius 2 is 1.92 bits per heavy atom. The summed E-state index contributed by atoms with van der Waals surface area (Å²) in [6.45, 7) is 0.223. The number of aromatic nitrogens is 3. The molecule has 0 bridgehead atoms. The van der Waals surface area contributed by atoms with E-state index in [0.717, 1.165) is 0 Å². The van der Waals surface area contributed by atoms with E-state index < -0.39 is 17.5 Å². The Hall–Kier alpha value is -2.93. The molecule has 8 heteroatoms. The highest BCUT2D eigenvalue weighted by Gasteiger charge is 2.33. The summed E-state index contributed by atoms with van der Waals surface area (Å²) in [5.74, 6) is -0.130. The smallest absolute Gasteiger partial charge is 0.285 e. The molecular weight excluding hydrogens is 347 g/mol. The fourth-order valence-electron chi connectivity index (χ4n) is 2.85. The van der Waals surface area contributed by atoms with E-state index in [1.165, 1.54) is 32.5 Å². The van der Waals surface area contributed by atoms with Gasteiger partial charge in [-0.3, -0.25) is 4.90 Å². The maximum Gasteiger partial charge on any atom is 0.364 e. The third kappa shape index (κ3) is 2.62. The quantitative estimate of drug-likeness (QED) is 0.723. The number of fused-ring (bicyclic) bond motifs is 1. The van der Waals surface area contributed by atoms with Crippen molar-refractivity contribution in [1.29, 1.82) is 0 Å². The molecule has 3 aromatic rings. The van der Waals surface area contributed by atoms with Crippen LogP contribution in [0.25, 0.3) is 0 Å². The van der Waals surface area contributed by atoms with Crippen molar-refractivity contribution in [2.75, 3.05) is 4.90 Å². The Morgan fingerprint density at radius 1 is 1.12 bits per heavy atom. The fourth-order valence-corrected chi connectivity index (χ4v) is 3.05. The van der Waals surface area contributed by atoms with Crippen LogP contribution < -0.4 is 10.6 Å². The van der Waals surface area contributed by atoms with Gasteiger partial charge in [-0.05, 0) is 29.8 Å². The van der Waals surface area contributed by atoms with Crippen molar-refractivity contribution in [3.63, 3.8) is 0 Å². The highest BCUT2D eigenvalue weighted by molar-refractivity contribution is 6.31. The normalized spacial score (nSPS) is 13.4. The fraction of sp³-hybridized carbons (Fsp3) is 0.118. The zero-order valence-electron chi connectivity index (χ0n) is 12.9. The summed E-state index contributed by atoms with van der Waals surface area (Å²) < 4.78 is 15.9. The Balaban J connectivity index is 1.73. The van der Waals surface area contributed by atoms with E-state index in [0.29, 0.717) is 22.1 Å². The zero-order chi connectivity index (χ0) is 17.6. The summed E-state index contributed by atoms with van der Waals surface area (Å²) in [6, 6.07) is 12.3. The third-order valence-corrected chi connectivity index (χ3v) is 4.41. The van der Waals surface area contributed by atoms with Crippen LogP contribution in [0, 0.1) is 5.82 Å². The van der Waals surface area contributed by atoms with Gasteiger partial charge in [-0.25, -0.2) is 18.7 Å². The molecule has 0 radical (unpaired) electrons. The summed E-state index contributed by atoms with van der Waals surface area (Å²) in [6.07, 6.45) is 0. The molecular formula is C17H12ClFN4O2. The molecule has 0 saturated carbocycles. The number of hydrogen-bond donors (Lipinski definition) is 0. The highest BCUT2D eigenvalue weighted by Crippen LogP contribution is 2.24. The van der Waals surface area contributed by atoms with Crippen LogP contribution >= 0.6 is 11.6 Å². The Kier molecular flexibility index (Phi) is 3.65. The lowest BCUT2D eigenvalue weighted by Crippen LogP contribution is -2.34. The number of benzene rings is 2. The lowest BCUT2D eigenvalue weighted by Gasteiger charge is -2.16. The average Bonchev–Trinajstić information content (AvgIpc) is 3.06. The molecule has 25 heavy (non-hydrogen) atoms. The number of carbonyl (C=O) groups is 1. The Bertz CT molecular complexity index is 1040. The first kappa shape index (κ1) is 15.6. The molecule has 2 aromatic carbocycles. The van der Waals surface area contributed by atoms with Crippen molar-refractivity contribution in [1.82, 2.24) is 14.3 Å². The predicted molar refractivity (Wildman–Crippen MR) is 90.4 cm³/mol. The minimum atomic E-state index is -0.526. The SMILES string of the molecule is O=C1N(c2cccc(F)c2)Cc2nc(=O)n(Cc3ccccc3Cl)n21. The third-order valence-electron chi connectivity index (χ3n) is 4.04. The minimum Gasteiger partial charge on any atom is -0.285 e. The van der Waals surface area contributed by atoms with Gasteiger partial charge in [-0.2, -0.15) is 9.67 Å². The van der Waals surface area contributed by atoms with E-state index in [-0.39, 0.29) is 13.1 Å². The molecule has 4 rings (SSSR count). The summed E-state index contributed by atoms with van der Waals surface area (Å²) in [5.41, 5.74) is 0.584. The highest BCUT2D eigenvalue weighted by atomic mass is 35.5. The van der Waals surface area contributed by atoms with Gasteiger partial charge in [0.2, 0.25) is 0 Å². The van der Waals surface area contributed by atoms with Crippen molar-refractivity contribution in [3.05, 3.63) is 81.2 Å². The molecule has 0 N–H and O–H groups in total. The van der Waals surface area contributed by atoms with Crippen LogP contribution in [-0.2, 0) is 13.1 Å². The van der Waals surface area contributed by atoms with Crippen molar-refractivity contribution in [3.8, 4) is 0 Å². The lowest BCUT2D eigenvalue weighted by molar-refractivity contribution is 0.244. The first-order chi connectivity index (χ1) is 12.0. The van der Waals surface area contributed by atoms with Crippen LogP contribution in [0.5, 0.6) is 0 Å². The number of amides is 1. The van der Waals surface area contributed by atoms with E-state index in [1.54, 1.807) is 30.3 Å². The second-order valence-electron chi connectivity index (χ2n) is 5.62. The number of carbonyl (C=O) groups excluding carboxylic acids is 1. The van der Waals surface area contributed by atoms with E-state index >= 15 is 0 Å². The van der Waals surface area contributed by atoms with Crippen LogP contribution in [0.2, 0.25) is 5.02 Å². The van der Waals surface area contributed by atoms with Gasteiger partial charge in [-0.15, -0.1) is 0 Å². The maximum atomic E-state index is 13.4. The van der Waals surface area contributed by atoms with Gasteiger partial charge in [-0.1, -0.05) is 35.9 Å². The van der Waals surface area contributed by atoms with Crippen LogP contribution in [0.1, 0.15) is 11.4 Å². The maximum absolute atomic E-state index is 13.4. The van der Waals surface area contributed by atoms with E-state index in [2.05, 4.69) is 4.98 Å². The van der Waals surface area contributed by atoms with Crippen LogP contribution in [0.4, 0.5) is 14.9 Å². The van der Waals surface area contributed by atoms with Gasteiger partial charge in [0.15, 0.2) is 5.82 Å². The van der Waals surface area contributed by atoms with Gasteiger partial charge in [0, 0.05) is 10.7 Å². The molecule has 1 aromatic heterocycles. The topological polar surface area (TPSA) is 60.1 Å². The summed E-state index contributed by atoms with van der Waals surface area (Å²) in [7, 11) is 0. The largest absolute Gasteiger partial charge is 0.364 e. The molecule has 0 aliphatic carbocycles. The first-order valence-electron chi connectivity index (χ1n) is 7.54. The Morgan fingerprint density at radius 3 is 2.68 bits per heavy atom. The van der Waals surface area contributed by atoms with Gasteiger partial charge >= 0.3 is 11.7 Å². The van der Waals surface area contributed by atoms with E-state index in [4.69, 9.17) is 11.6 Å². The number of halogens is 2. The molecule has 126 valence electrons. The van der Waals surface area contributed by atoms with E-state index in [9.17, 15) is 14.0 Å². The molecule has 0 saturated heterocycles. The van der Waals surface area contributed by atoms with Gasteiger partial charge < -0.3 is 0 Å². The average molecular weight is 359 g/mol. The monoisotopic (exact) mass is 358 g/mol. The number of anilines is 1. The molecule has 2 heterocycles. The molecule has 1 amide bonds. The second-order valence-corrected chi connectivity index (χ2v) is 6.03. The van der Waals surface area contributed by atoms with Crippen molar-refractivity contribution < 1.29 is 9.18 Å². The zero-order valence-corrected chi connectivity index (χ0v) is 13.7. The van der Waals surface area contributed by atoms with Gasteiger partial charge in [0.05, 0.1) is 13.1 Å². The molecule has 0 fully saturated rings. The van der Waals surface area contributed by atoms with E-state index in [1.807, 2.05) is 0 Å². The van der Waals surface area contributed by atoms with Crippen molar-refractivity contribution in [2.45, 2.75) is 13.1 Å². The summed E-state index contributed by atoms with van der Waals surface area (Å²) in [5, 5.41) is 0.498. The minimum absolute atomic E-state index is 0.104. The summed E-state index contributed by atoms with van der Waals surface area (Å²) >= 11 is 6.14. The van der Waals surface area contributed by atoms with Crippen LogP contribution in [0.15, 0.2) is 53.3 Å². The van der Waals surface area contributed by atoms with Gasteiger partial charge in [0.1, 0.15) is 5.82 Å². The first-order valence-corrected chi connectivity index (χ1v) is 7.92. The molecule has 1 aliphatic heterocycles. The standard InChI is InChI=1S/C17H12ClFN4O2/c18-14-7-2-1-4-11(14)9-22-16(24)20-15-10-21(17(25)23(15)22)13-6-3-5-12(19)8-13/h1-8H,9-10H2. The van der Waals surface area contributed by atoms with Crippen molar-refractivity contribution >= 4 is 23.3 Å². The molecule has 0 atom stereocenters. The van der Waals surface area contributed by atoms with Crippen LogP contribution in [-0.4, -0.2) is 20.4 Å². The number of rotatable bonds is 3. The predicted octanol–water partition coefficient (Wildman–Crippen LogP) is 2.87. The molecule has 0 unspecified atom stereocenters. The van der Waals surface area contributed by atoms with Gasteiger partial charge in [0.25, 0.3) is 0 Å². The van der Waals surface area contributed by atoms with Crippen LogP contribution in [0.3, 0.4) is 0 Å². The van der Waals surface area contributed by atoms with Crippen molar-refractivity contribution in [2.24, 2.45) is 0 Å². The number of hydrogen-bond acceptors (Lipinski definition) is 3. The summed E-state index contributed by atoms with van der Waals surface area (Å²) in [4.78, 5) is 30.2. The Labute approximate surface area is 146 Å². The molecule has 0 spiro atoms. The lowest BCUT2D eigenvalue weighted by atomic mass is 10.2.